The highest BCUT2D eigenvalue weighted by Gasteiger charge is 2.70. The number of rotatable bonds is 3. The highest BCUT2D eigenvalue weighted by molar-refractivity contribution is 5.66. The molecule has 174 valence electrons. The number of ether oxygens (including phenoxy) is 2. The van der Waals surface area contributed by atoms with Crippen molar-refractivity contribution in [1.82, 2.24) is 4.90 Å². The first-order valence-electron chi connectivity index (χ1n) is 12.9. The van der Waals surface area contributed by atoms with Gasteiger partial charge in [0.1, 0.15) is 12.2 Å². The van der Waals surface area contributed by atoms with Crippen molar-refractivity contribution in [3.8, 4) is 0 Å². The van der Waals surface area contributed by atoms with Crippen LogP contribution in [-0.4, -0.2) is 47.7 Å². The number of likely N-dealkylation sites (tertiary alicyclic amines) is 1. The van der Waals surface area contributed by atoms with Crippen LogP contribution < -0.4 is 0 Å². The van der Waals surface area contributed by atoms with Crippen molar-refractivity contribution in [2.24, 2.45) is 28.6 Å². The first-order chi connectivity index (χ1) is 14.8. The van der Waals surface area contributed by atoms with Gasteiger partial charge in [-0.25, -0.2) is 0 Å². The molecule has 8 atom stereocenters. The molecule has 5 rings (SSSR count). The van der Waals surface area contributed by atoms with Gasteiger partial charge in [0, 0.05) is 31.2 Å². The maximum absolute atomic E-state index is 11.7. The lowest BCUT2D eigenvalue weighted by atomic mass is 9.42. The molecule has 5 nitrogen and oxygen atoms in total. The molecule has 1 aliphatic heterocycles. The normalized spacial score (nSPS) is 48.8. The van der Waals surface area contributed by atoms with E-state index in [2.05, 4.69) is 18.7 Å². The number of nitrogens with zero attached hydrogens (tertiary/aromatic N) is 1. The molecule has 0 N–H and O–H groups in total. The van der Waals surface area contributed by atoms with Crippen LogP contribution in [0.15, 0.2) is 0 Å². The number of hydrogen-bond acceptors (Lipinski definition) is 5. The number of fused-ring (bicyclic) bond motifs is 3. The Kier molecular flexibility index (Phi) is 5.23. The number of carbonyl (C=O) groups is 2. The number of esters is 2. The average Bonchev–Trinajstić information content (AvgIpc) is 3.22. The molecule has 0 aromatic carbocycles. The molecule has 5 fully saturated rings. The Morgan fingerprint density at radius 1 is 0.903 bits per heavy atom. The highest BCUT2D eigenvalue weighted by atomic mass is 16.5. The fraction of sp³-hybridized carbons (Fsp3) is 0.923. The van der Waals surface area contributed by atoms with E-state index in [4.69, 9.17) is 9.47 Å². The summed E-state index contributed by atoms with van der Waals surface area (Å²) in [6.45, 7) is 10.1. The van der Waals surface area contributed by atoms with Gasteiger partial charge in [0.15, 0.2) is 0 Å². The van der Waals surface area contributed by atoms with E-state index in [1.165, 1.54) is 51.5 Å². The molecule has 0 aromatic heterocycles. The molecule has 4 aliphatic carbocycles. The Hall–Kier alpha value is -1.10. The van der Waals surface area contributed by atoms with Gasteiger partial charge in [0.05, 0.1) is 0 Å². The van der Waals surface area contributed by atoms with Gasteiger partial charge in [0.2, 0.25) is 0 Å². The maximum Gasteiger partial charge on any atom is 0.302 e. The zero-order chi connectivity index (χ0) is 22.0. The summed E-state index contributed by atoms with van der Waals surface area (Å²) in [5, 5.41) is 0. The minimum Gasteiger partial charge on any atom is -0.462 e. The van der Waals surface area contributed by atoms with Crippen LogP contribution in [0.3, 0.4) is 0 Å². The van der Waals surface area contributed by atoms with E-state index in [9.17, 15) is 9.59 Å². The van der Waals surface area contributed by atoms with Gasteiger partial charge in [-0.3, -0.25) is 14.5 Å². The molecule has 2 unspecified atom stereocenters. The number of carbonyl (C=O) groups excluding carboxylic acids is 2. The van der Waals surface area contributed by atoms with Gasteiger partial charge in [-0.05, 0) is 94.0 Å². The van der Waals surface area contributed by atoms with Gasteiger partial charge in [-0.15, -0.1) is 0 Å². The average molecular weight is 432 g/mol. The highest BCUT2D eigenvalue weighted by Crippen LogP contribution is 2.71. The van der Waals surface area contributed by atoms with Crippen molar-refractivity contribution in [3.63, 3.8) is 0 Å². The quantitative estimate of drug-likeness (QED) is 0.605. The summed E-state index contributed by atoms with van der Waals surface area (Å²) in [5.74, 6) is 1.97. The van der Waals surface area contributed by atoms with Crippen molar-refractivity contribution >= 4 is 11.9 Å². The molecule has 1 saturated heterocycles. The second kappa shape index (κ2) is 7.46. The van der Waals surface area contributed by atoms with Crippen molar-refractivity contribution in [1.29, 1.82) is 0 Å². The smallest absolute Gasteiger partial charge is 0.302 e. The SMILES string of the molecule is CCN1CC[C@]23CCC(OC(C)=O)C[C@]12CC[C@@H]1[C@@H]3CC[C@]2(C)C(OC(C)=O)CC[C@@H]12. The third kappa shape index (κ3) is 2.97. The van der Waals surface area contributed by atoms with E-state index in [1.807, 2.05) is 0 Å². The summed E-state index contributed by atoms with van der Waals surface area (Å²) in [6, 6.07) is 0. The summed E-state index contributed by atoms with van der Waals surface area (Å²) in [6.07, 6.45) is 12.0. The minimum absolute atomic E-state index is 0.0861. The maximum atomic E-state index is 11.7. The van der Waals surface area contributed by atoms with Gasteiger partial charge in [-0.2, -0.15) is 0 Å². The topological polar surface area (TPSA) is 55.8 Å². The van der Waals surface area contributed by atoms with Crippen LogP contribution in [-0.2, 0) is 19.1 Å². The van der Waals surface area contributed by atoms with Crippen molar-refractivity contribution in [3.05, 3.63) is 0 Å². The molecule has 5 aliphatic rings. The van der Waals surface area contributed by atoms with Gasteiger partial charge < -0.3 is 9.47 Å². The molecule has 1 heterocycles. The first-order valence-corrected chi connectivity index (χ1v) is 12.9. The molecule has 5 heteroatoms. The summed E-state index contributed by atoms with van der Waals surface area (Å²) in [7, 11) is 0. The lowest BCUT2D eigenvalue weighted by Crippen LogP contribution is -2.66. The Morgan fingerprint density at radius 2 is 1.68 bits per heavy atom. The third-order valence-electron chi connectivity index (χ3n) is 10.8. The lowest BCUT2D eigenvalue weighted by Gasteiger charge is -2.66. The van der Waals surface area contributed by atoms with E-state index in [0.717, 1.165) is 37.6 Å². The molecule has 4 saturated carbocycles. The summed E-state index contributed by atoms with van der Waals surface area (Å²) < 4.78 is 11.6. The fourth-order valence-corrected chi connectivity index (χ4v) is 9.83. The van der Waals surface area contributed by atoms with E-state index in [0.29, 0.717) is 11.3 Å². The van der Waals surface area contributed by atoms with E-state index < -0.39 is 0 Å². The molecule has 0 spiro atoms. The van der Waals surface area contributed by atoms with E-state index >= 15 is 0 Å². The van der Waals surface area contributed by atoms with Gasteiger partial charge in [0.25, 0.3) is 0 Å². The first kappa shape index (κ1) is 21.7. The van der Waals surface area contributed by atoms with Crippen LogP contribution in [0.5, 0.6) is 0 Å². The second-order valence-corrected chi connectivity index (χ2v) is 11.6. The van der Waals surface area contributed by atoms with Crippen LogP contribution >= 0.6 is 0 Å². The monoisotopic (exact) mass is 431 g/mol. The third-order valence-corrected chi connectivity index (χ3v) is 10.8. The molecule has 0 bridgehead atoms. The van der Waals surface area contributed by atoms with Crippen molar-refractivity contribution in [2.75, 3.05) is 13.1 Å². The lowest BCUT2D eigenvalue weighted by molar-refractivity contribution is -0.184. The van der Waals surface area contributed by atoms with E-state index in [-0.39, 0.29) is 35.1 Å². The van der Waals surface area contributed by atoms with E-state index in [1.54, 1.807) is 13.8 Å². The Labute approximate surface area is 187 Å². The molecule has 0 radical (unpaired) electrons. The molecule has 0 amide bonds. The fourth-order valence-electron chi connectivity index (χ4n) is 9.83. The van der Waals surface area contributed by atoms with Gasteiger partial charge in [-0.1, -0.05) is 13.8 Å². The molecular formula is C26H41NO4. The zero-order valence-electron chi connectivity index (χ0n) is 20.0. The zero-order valence-corrected chi connectivity index (χ0v) is 20.0. The minimum atomic E-state index is -0.125. The molecule has 0 aromatic rings. The summed E-state index contributed by atoms with van der Waals surface area (Å²) in [4.78, 5) is 26.2. The standard InChI is InChI=1S/C26H41NO4/c1-5-27-15-14-25-12-8-19(30-17(2)28)16-26(25,27)13-9-20-21-6-7-23(31-18(3)29)24(21,4)11-10-22(20)25/h19-23H,5-16H2,1-4H3/t19?,20-,21-,22-,23?,24-,25-,26-/m0/s1. The van der Waals surface area contributed by atoms with Crippen molar-refractivity contribution < 1.29 is 19.1 Å². The number of hydrogen-bond donors (Lipinski definition) is 0. The van der Waals surface area contributed by atoms with Crippen LogP contribution in [0.2, 0.25) is 0 Å². The van der Waals surface area contributed by atoms with Gasteiger partial charge >= 0.3 is 11.9 Å². The predicted octanol–water partition coefficient (Wildman–Crippen LogP) is 4.72. The Morgan fingerprint density at radius 3 is 2.39 bits per heavy atom. The van der Waals surface area contributed by atoms with Crippen LogP contribution in [0.25, 0.3) is 0 Å². The van der Waals surface area contributed by atoms with Crippen molar-refractivity contribution in [2.45, 2.75) is 110 Å². The molecule has 31 heavy (non-hydrogen) atoms. The Balaban J connectivity index is 1.45. The summed E-state index contributed by atoms with van der Waals surface area (Å²) >= 11 is 0. The largest absolute Gasteiger partial charge is 0.462 e. The predicted molar refractivity (Wildman–Crippen MR) is 118 cm³/mol. The Bertz CT molecular complexity index is 754. The molecular weight excluding hydrogens is 390 g/mol. The second-order valence-electron chi connectivity index (χ2n) is 11.6. The van der Waals surface area contributed by atoms with Crippen LogP contribution in [0.4, 0.5) is 0 Å². The van der Waals surface area contributed by atoms with Crippen LogP contribution in [0, 0.1) is 28.6 Å². The summed E-state index contributed by atoms with van der Waals surface area (Å²) in [5.41, 5.74) is 0.744. The van der Waals surface area contributed by atoms with Crippen LogP contribution in [0.1, 0.15) is 91.9 Å².